The van der Waals surface area contributed by atoms with Crippen molar-refractivity contribution in [2.24, 2.45) is 5.92 Å². The Kier molecular flexibility index (Phi) is 6.67. The fraction of sp³-hybridized carbons (Fsp3) is 0.429. The lowest BCUT2D eigenvalue weighted by Crippen LogP contribution is -2.35. The molecule has 1 aromatic carbocycles. The second kappa shape index (κ2) is 9.03. The zero-order valence-electron chi connectivity index (χ0n) is 16.1. The highest BCUT2D eigenvalue weighted by atomic mass is 35.5. The lowest BCUT2D eigenvalue weighted by atomic mass is 9.99. The second-order valence-corrected chi connectivity index (χ2v) is 7.87. The summed E-state index contributed by atoms with van der Waals surface area (Å²) in [6.07, 6.45) is -2.56. The molecule has 0 unspecified atom stereocenters. The predicted molar refractivity (Wildman–Crippen MR) is 107 cm³/mol. The molecule has 1 fully saturated rings. The highest BCUT2D eigenvalue weighted by Gasteiger charge is 2.34. The van der Waals surface area contributed by atoms with Crippen molar-refractivity contribution >= 4 is 23.3 Å². The summed E-state index contributed by atoms with van der Waals surface area (Å²) in [5.74, 6) is 0.609. The molecule has 0 radical (unpaired) electrons. The Morgan fingerprint density at radius 1 is 1.24 bits per heavy atom. The summed E-state index contributed by atoms with van der Waals surface area (Å²) in [6.45, 7) is 3.55. The van der Waals surface area contributed by atoms with E-state index in [1.54, 1.807) is 24.3 Å². The maximum atomic E-state index is 13.2. The van der Waals surface area contributed by atoms with Crippen molar-refractivity contribution in [2.75, 3.05) is 18.0 Å². The molecule has 1 aliphatic heterocycles. The molecule has 0 saturated carbocycles. The van der Waals surface area contributed by atoms with Crippen LogP contribution in [-0.4, -0.2) is 24.0 Å². The number of hydrogen-bond acceptors (Lipinski definition) is 3. The molecule has 0 bridgehead atoms. The van der Waals surface area contributed by atoms with Crippen LogP contribution in [0.1, 0.15) is 36.6 Å². The molecule has 156 valence electrons. The summed E-state index contributed by atoms with van der Waals surface area (Å²) in [5.41, 5.74) is 0.429. The zero-order chi connectivity index (χ0) is 21.0. The number of aromatic nitrogens is 1. The molecule has 1 aromatic heterocycles. The fourth-order valence-corrected chi connectivity index (χ4v) is 3.57. The van der Waals surface area contributed by atoms with Gasteiger partial charge in [0, 0.05) is 30.2 Å². The van der Waals surface area contributed by atoms with Gasteiger partial charge in [-0.2, -0.15) is 13.2 Å². The van der Waals surface area contributed by atoms with E-state index in [0.717, 1.165) is 24.5 Å². The topological polar surface area (TPSA) is 45.2 Å². The molecular formula is C21H23ClF3N3O. The van der Waals surface area contributed by atoms with Crippen LogP contribution in [0, 0.1) is 5.92 Å². The predicted octanol–water partition coefficient (Wildman–Crippen LogP) is 4.85. The van der Waals surface area contributed by atoms with Crippen molar-refractivity contribution in [3.63, 3.8) is 0 Å². The van der Waals surface area contributed by atoms with Crippen LogP contribution in [-0.2, 0) is 23.9 Å². The van der Waals surface area contributed by atoms with Gasteiger partial charge in [0.25, 0.3) is 0 Å². The largest absolute Gasteiger partial charge is 0.433 e. The minimum Gasteiger partial charge on any atom is -0.356 e. The van der Waals surface area contributed by atoms with Gasteiger partial charge in [0.1, 0.15) is 11.5 Å². The van der Waals surface area contributed by atoms with Crippen molar-refractivity contribution < 1.29 is 18.0 Å². The number of piperidine rings is 1. The molecule has 0 atom stereocenters. The van der Waals surface area contributed by atoms with E-state index in [-0.39, 0.29) is 18.9 Å². The van der Waals surface area contributed by atoms with E-state index in [2.05, 4.69) is 17.2 Å². The van der Waals surface area contributed by atoms with Crippen molar-refractivity contribution in [2.45, 2.75) is 38.9 Å². The van der Waals surface area contributed by atoms with E-state index in [9.17, 15) is 18.0 Å². The number of alkyl halides is 3. The molecule has 3 rings (SSSR count). The van der Waals surface area contributed by atoms with Gasteiger partial charge >= 0.3 is 6.18 Å². The second-order valence-electron chi connectivity index (χ2n) is 7.43. The van der Waals surface area contributed by atoms with Crippen LogP contribution in [0.3, 0.4) is 0 Å². The number of anilines is 1. The van der Waals surface area contributed by atoms with Gasteiger partial charge < -0.3 is 10.2 Å². The van der Waals surface area contributed by atoms with Crippen LogP contribution in [0.4, 0.5) is 19.0 Å². The van der Waals surface area contributed by atoms with E-state index in [1.165, 1.54) is 6.07 Å². The van der Waals surface area contributed by atoms with Crippen molar-refractivity contribution in [1.29, 1.82) is 0 Å². The summed E-state index contributed by atoms with van der Waals surface area (Å²) < 4.78 is 39.5. The molecule has 1 amide bonds. The molecular weight excluding hydrogens is 403 g/mol. The van der Waals surface area contributed by atoms with Crippen LogP contribution in [0.15, 0.2) is 36.4 Å². The number of pyridine rings is 1. The average molecular weight is 426 g/mol. The van der Waals surface area contributed by atoms with Gasteiger partial charge in [-0.1, -0.05) is 36.7 Å². The number of halogens is 4. The molecule has 1 aliphatic rings. The van der Waals surface area contributed by atoms with Crippen LogP contribution in [0.5, 0.6) is 0 Å². The zero-order valence-corrected chi connectivity index (χ0v) is 16.9. The first-order valence-corrected chi connectivity index (χ1v) is 9.93. The van der Waals surface area contributed by atoms with E-state index in [0.29, 0.717) is 35.4 Å². The molecule has 29 heavy (non-hydrogen) atoms. The first-order chi connectivity index (χ1) is 13.7. The smallest absolute Gasteiger partial charge is 0.356 e. The maximum absolute atomic E-state index is 13.2. The fourth-order valence-electron chi connectivity index (χ4n) is 3.36. The summed E-state index contributed by atoms with van der Waals surface area (Å²) in [6, 6.07) is 9.37. The van der Waals surface area contributed by atoms with Gasteiger partial charge in [0.15, 0.2) is 0 Å². The Morgan fingerprint density at radius 3 is 2.62 bits per heavy atom. The van der Waals surface area contributed by atoms with E-state index in [1.807, 2.05) is 4.90 Å². The van der Waals surface area contributed by atoms with Crippen LogP contribution in [0.2, 0.25) is 5.02 Å². The molecule has 2 aromatic rings. The molecule has 0 spiro atoms. The molecule has 1 saturated heterocycles. The van der Waals surface area contributed by atoms with Gasteiger partial charge in [-0.15, -0.1) is 0 Å². The van der Waals surface area contributed by atoms with Gasteiger partial charge in [-0.25, -0.2) is 4.98 Å². The third kappa shape index (κ3) is 5.85. The summed E-state index contributed by atoms with van der Waals surface area (Å²) >= 11 is 5.93. The molecule has 1 N–H and O–H groups in total. The number of amides is 1. The number of nitrogens with one attached hydrogen (secondary N) is 1. The third-order valence-electron chi connectivity index (χ3n) is 5.06. The number of rotatable bonds is 5. The van der Waals surface area contributed by atoms with E-state index in [4.69, 9.17) is 11.6 Å². The van der Waals surface area contributed by atoms with Gasteiger partial charge in [-0.05, 0) is 42.5 Å². The van der Waals surface area contributed by atoms with Crippen LogP contribution >= 0.6 is 11.6 Å². The molecule has 4 nitrogen and oxygen atoms in total. The Morgan fingerprint density at radius 2 is 1.97 bits per heavy atom. The summed E-state index contributed by atoms with van der Waals surface area (Å²) in [4.78, 5) is 18.1. The Bertz CT molecular complexity index is 864. The normalized spacial score (nSPS) is 15.4. The number of benzene rings is 1. The minimum atomic E-state index is -4.51. The Labute approximate surface area is 173 Å². The van der Waals surface area contributed by atoms with Crippen molar-refractivity contribution in [3.05, 3.63) is 58.2 Å². The highest BCUT2D eigenvalue weighted by Crippen LogP contribution is 2.32. The summed E-state index contributed by atoms with van der Waals surface area (Å²) in [5, 5.41) is 3.33. The number of nitrogens with zero attached hydrogens (tertiary/aromatic N) is 2. The molecule has 8 heteroatoms. The maximum Gasteiger partial charge on any atom is 0.433 e. The Hall–Kier alpha value is -2.28. The standard InChI is InChI=1S/C21H23ClF3N3O/c1-14-7-9-28(10-8-14)20-16(5-6-18(27-20)21(23,24)25)13-26-19(29)12-15-3-2-4-17(22)11-15/h2-6,11,14H,7-10,12-13H2,1H3,(H,26,29). The lowest BCUT2D eigenvalue weighted by molar-refractivity contribution is -0.141. The monoisotopic (exact) mass is 425 g/mol. The first kappa shape index (κ1) is 21.4. The first-order valence-electron chi connectivity index (χ1n) is 9.55. The van der Waals surface area contributed by atoms with E-state index >= 15 is 0 Å². The van der Waals surface area contributed by atoms with Crippen LogP contribution in [0.25, 0.3) is 0 Å². The third-order valence-corrected chi connectivity index (χ3v) is 5.29. The van der Waals surface area contributed by atoms with Crippen molar-refractivity contribution in [1.82, 2.24) is 10.3 Å². The van der Waals surface area contributed by atoms with Gasteiger partial charge in [0.2, 0.25) is 5.91 Å². The van der Waals surface area contributed by atoms with Crippen molar-refractivity contribution in [3.8, 4) is 0 Å². The van der Waals surface area contributed by atoms with Crippen LogP contribution < -0.4 is 10.2 Å². The Balaban J connectivity index is 1.74. The summed E-state index contributed by atoms with van der Waals surface area (Å²) in [7, 11) is 0. The lowest BCUT2D eigenvalue weighted by Gasteiger charge is -2.33. The highest BCUT2D eigenvalue weighted by molar-refractivity contribution is 6.30. The number of carbonyl (C=O) groups excluding carboxylic acids is 1. The average Bonchev–Trinajstić information content (AvgIpc) is 2.66. The quantitative estimate of drug-likeness (QED) is 0.744. The number of carbonyl (C=O) groups is 1. The van der Waals surface area contributed by atoms with Gasteiger partial charge in [-0.3, -0.25) is 4.79 Å². The SMILES string of the molecule is CC1CCN(c2nc(C(F)(F)F)ccc2CNC(=O)Cc2cccc(Cl)c2)CC1. The van der Waals surface area contributed by atoms with E-state index < -0.39 is 11.9 Å². The van der Waals surface area contributed by atoms with Gasteiger partial charge in [0.05, 0.1) is 6.42 Å². The number of hydrogen-bond donors (Lipinski definition) is 1. The minimum absolute atomic E-state index is 0.117. The molecule has 2 heterocycles. The molecule has 0 aliphatic carbocycles.